The third-order valence-corrected chi connectivity index (χ3v) is 3.91. The first-order chi connectivity index (χ1) is 10.1. The summed E-state index contributed by atoms with van der Waals surface area (Å²) >= 11 is 0. The molecule has 2 rings (SSSR count). The standard InChI is InChI=1S/C16H21NO4/c1-21-16(20)13-6-4-10-17(11-13)15(19)9-8-12-5-2-3-7-14(12)18/h2-3,5,7,13,18H,4,6,8-11H2,1H3. The molecule has 1 fully saturated rings. The fourth-order valence-corrected chi connectivity index (χ4v) is 2.68. The van der Waals surface area contributed by atoms with Crippen molar-refractivity contribution in [1.29, 1.82) is 0 Å². The second kappa shape index (κ2) is 7.11. The number of hydrogen-bond donors (Lipinski definition) is 1. The highest BCUT2D eigenvalue weighted by atomic mass is 16.5. The first kappa shape index (κ1) is 15.4. The first-order valence-electron chi connectivity index (χ1n) is 7.24. The number of aromatic hydroxyl groups is 1. The fourth-order valence-electron chi connectivity index (χ4n) is 2.68. The number of benzene rings is 1. The molecule has 114 valence electrons. The zero-order chi connectivity index (χ0) is 15.2. The van der Waals surface area contributed by atoms with Crippen LogP contribution < -0.4 is 0 Å². The fraction of sp³-hybridized carbons (Fsp3) is 0.500. The molecule has 1 aliphatic rings. The molecule has 1 amide bonds. The van der Waals surface area contributed by atoms with E-state index in [0.717, 1.165) is 18.4 Å². The van der Waals surface area contributed by atoms with Crippen LogP contribution in [-0.2, 0) is 20.7 Å². The monoisotopic (exact) mass is 291 g/mol. The van der Waals surface area contributed by atoms with Gasteiger partial charge >= 0.3 is 5.97 Å². The zero-order valence-electron chi connectivity index (χ0n) is 12.2. The number of phenolic OH excluding ortho intramolecular Hbond substituents is 1. The number of phenols is 1. The maximum atomic E-state index is 12.2. The average Bonchev–Trinajstić information content (AvgIpc) is 2.53. The molecule has 1 aromatic rings. The predicted molar refractivity (Wildman–Crippen MR) is 77.7 cm³/mol. The number of carbonyl (C=O) groups excluding carboxylic acids is 2. The summed E-state index contributed by atoms with van der Waals surface area (Å²) in [6.07, 6.45) is 2.44. The van der Waals surface area contributed by atoms with E-state index >= 15 is 0 Å². The van der Waals surface area contributed by atoms with Gasteiger partial charge in [-0.05, 0) is 30.9 Å². The van der Waals surface area contributed by atoms with Gasteiger partial charge in [-0.25, -0.2) is 0 Å². The van der Waals surface area contributed by atoms with Gasteiger partial charge in [-0.2, -0.15) is 0 Å². The summed E-state index contributed by atoms with van der Waals surface area (Å²) in [5, 5.41) is 9.69. The van der Waals surface area contributed by atoms with Gasteiger partial charge in [0.25, 0.3) is 0 Å². The van der Waals surface area contributed by atoms with Gasteiger partial charge in [0.2, 0.25) is 5.91 Å². The minimum absolute atomic E-state index is 0.0202. The molecule has 1 aromatic carbocycles. The molecule has 0 aliphatic carbocycles. The normalized spacial score (nSPS) is 18.3. The van der Waals surface area contributed by atoms with Crippen LogP contribution >= 0.6 is 0 Å². The quantitative estimate of drug-likeness (QED) is 0.858. The molecule has 0 bridgehead atoms. The molecule has 0 spiro atoms. The van der Waals surface area contributed by atoms with Gasteiger partial charge < -0.3 is 14.7 Å². The summed E-state index contributed by atoms with van der Waals surface area (Å²) in [7, 11) is 1.38. The van der Waals surface area contributed by atoms with E-state index in [4.69, 9.17) is 4.74 Å². The van der Waals surface area contributed by atoms with Gasteiger partial charge in [0, 0.05) is 19.5 Å². The molecule has 21 heavy (non-hydrogen) atoms. The van der Waals surface area contributed by atoms with Crippen LogP contribution in [0.4, 0.5) is 0 Å². The number of aryl methyl sites for hydroxylation is 1. The van der Waals surface area contributed by atoms with Gasteiger partial charge in [0.05, 0.1) is 13.0 Å². The molecule has 0 saturated carbocycles. The molecule has 1 N–H and O–H groups in total. The Morgan fingerprint density at radius 1 is 1.38 bits per heavy atom. The third-order valence-electron chi connectivity index (χ3n) is 3.91. The molecule has 0 aromatic heterocycles. The Morgan fingerprint density at radius 3 is 2.86 bits per heavy atom. The molecule has 5 nitrogen and oxygen atoms in total. The lowest BCUT2D eigenvalue weighted by Crippen LogP contribution is -2.42. The molecule has 5 heteroatoms. The van der Waals surface area contributed by atoms with Crippen LogP contribution in [0.5, 0.6) is 5.75 Å². The summed E-state index contributed by atoms with van der Waals surface area (Å²) in [5.74, 6) is -0.214. The Hall–Kier alpha value is -2.04. The van der Waals surface area contributed by atoms with E-state index in [9.17, 15) is 14.7 Å². The summed E-state index contributed by atoms with van der Waals surface area (Å²) in [6.45, 7) is 1.12. The minimum atomic E-state index is -0.242. The second-order valence-electron chi connectivity index (χ2n) is 5.33. The average molecular weight is 291 g/mol. The maximum absolute atomic E-state index is 12.2. The summed E-state index contributed by atoms with van der Waals surface area (Å²) in [4.78, 5) is 25.5. The van der Waals surface area contributed by atoms with Crippen molar-refractivity contribution in [2.45, 2.75) is 25.7 Å². The number of methoxy groups -OCH3 is 1. The topological polar surface area (TPSA) is 66.8 Å². The summed E-state index contributed by atoms with van der Waals surface area (Å²) < 4.78 is 4.75. The van der Waals surface area contributed by atoms with Crippen LogP contribution in [0.3, 0.4) is 0 Å². The smallest absolute Gasteiger partial charge is 0.310 e. The molecule has 1 atom stereocenters. The van der Waals surface area contributed by atoms with E-state index in [1.165, 1.54) is 7.11 Å². The second-order valence-corrected chi connectivity index (χ2v) is 5.33. The van der Waals surface area contributed by atoms with E-state index in [0.29, 0.717) is 25.9 Å². The van der Waals surface area contributed by atoms with Crippen molar-refractivity contribution in [1.82, 2.24) is 4.90 Å². The van der Waals surface area contributed by atoms with Crippen molar-refractivity contribution in [2.75, 3.05) is 20.2 Å². The number of amides is 1. The van der Waals surface area contributed by atoms with Crippen molar-refractivity contribution in [3.63, 3.8) is 0 Å². The molecule has 1 aliphatic heterocycles. The van der Waals surface area contributed by atoms with Gasteiger partial charge in [-0.3, -0.25) is 9.59 Å². The Morgan fingerprint density at radius 2 is 2.14 bits per heavy atom. The number of para-hydroxylation sites is 1. The Labute approximate surface area is 124 Å². The number of carbonyl (C=O) groups is 2. The highest BCUT2D eigenvalue weighted by Crippen LogP contribution is 2.21. The molecular formula is C16H21NO4. The lowest BCUT2D eigenvalue weighted by atomic mass is 9.97. The number of likely N-dealkylation sites (tertiary alicyclic amines) is 1. The maximum Gasteiger partial charge on any atom is 0.310 e. The number of piperidine rings is 1. The summed E-state index contributed by atoms with van der Waals surface area (Å²) in [5.41, 5.74) is 0.771. The number of esters is 1. The highest BCUT2D eigenvalue weighted by molar-refractivity contribution is 5.78. The van der Waals surface area contributed by atoms with Crippen molar-refractivity contribution < 1.29 is 19.4 Å². The number of nitrogens with zero attached hydrogens (tertiary/aromatic N) is 1. The van der Waals surface area contributed by atoms with Crippen LogP contribution in [0.1, 0.15) is 24.8 Å². The Bertz CT molecular complexity index is 515. The lowest BCUT2D eigenvalue weighted by Gasteiger charge is -2.31. The molecular weight excluding hydrogens is 270 g/mol. The zero-order valence-corrected chi connectivity index (χ0v) is 12.2. The minimum Gasteiger partial charge on any atom is -0.508 e. The lowest BCUT2D eigenvalue weighted by molar-refractivity contribution is -0.149. The van der Waals surface area contributed by atoms with E-state index in [1.807, 2.05) is 12.1 Å². The largest absolute Gasteiger partial charge is 0.508 e. The van der Waals surface area contributed by atoms with Gasteiger partial charge in [-0.1, -0.05) is 18.2 Å². The van der Waals surface area contributed by atoms with Crippen LogP contribution in [0.25, 0.3) is 0 Å². The molecule has 0 radical (unpaired) electrons. The molecule has 1 heterocycles. The van der Waals surface area contributed by atoms with E-state index in [2.05, 4.69) is 0 Å². The Kier molecular flexibility index (Phi) is 5.20. The van der Waals surface area contributed by atoms with Crippen molar-refractivity contribution in [3.05, 3.63) is 29.8 Å². The number of rotatable bonds is 4. The van der Waals surface area contributed by atoms with Gasteiger partial charge in [0.15, 0.2) is 0 Å². The number of ether oxygens (including phenoxy) is 1. The molecule has 1 unspecified atom stereocenters. The van der Waals surface area contributed by atoms with E-state index in [1.54, 1.807) is 17.0 Å². The van der Waals surface area contributed by atoms with E-state index < -0.39 is 0 Å². The van der Waals surface area contributed by atoms with Crippen molar-refractivity contribution in [3.8, 4) is 5.75 Å². The van der Waals surface area contributed by atoms with E-state index in [-0.39, 0.29) is 23.5 Å². The number of hydrogen-bond acceptors (Lipinski definition) is 4. The summed E-state index contributed by atoms with van der Waals surface area (Å²) in [6, 6.07) is 7.03. The van der Waals surface area contributed by atoms with Crippen molar-refractivity contribution >= 4 is 11.9 Å². The first-order valence-corrected chi connectivity index (χ1v) is 7.24. The van der Waals surface area contributed by atoms with Crippen LogP contribution in [0, 0.1) is 5.92 Å². The van der Waals surface area contributed by atoms with Crippen LogP contribution in [0.15, 0.2) is 24.3 Å². The SMILES string of the molecule is COC(=O)C1CCCN(C(=O)CCc2ccccc2O)C1. The van der Waals surface area contributed by atoms with Crippen LogP contribution in [-0.4, -0.2) is 42.1 Å². The van der Waals surface area contributed by atoms with Gasteiger partial charge in [0.1, 0.15) is 5.75 Å². The van der Waals surface area contributed by atoms with Gasteiger partial charge in [-0.15, -0.1) is 0 Å². The molecule has 1 saturated heterocycles. The van der Waals surface area contributed by atoms with Crippen molar-refractivity contribution in [2.24, 2.45) is 5.92 Å². The Balaban J connectivity index is 1.88. The predicted octanol–water partition coefficient (Wildman–Crippen LogP) is 1.74. The third kappa shape index (κ3) is 3.97. The highest BCUT2D eigenvalue weighted by Gasteiger charge is 2.28. The van der Waals surface area contributed by atoms with Crippen LogP contribution in [0.2, 0.25) is 0 Å².